The lowest BCUT2D eigenvalue weighted by Gasteiger charge is -2.19. The fourth-order valence-corrected chi connectivity index (χ4v) is 2.62. The molecule has 3 nitrogen and oxygen atoms in total. The SMILES string of the molecule is Cc1ncc(CNC(C)C2CCCO2)s1. The van der Waals surface area contributed by atoms with Gasteiger partial charge in [0.1, 0.15) is 0 Å². The molecule has 1 aliphatic heterocycles. The van der Waals surface area contributed by atoms with Crippen LogP contribution in [0.2, 0.25) is 0 Å². The van der Waals surface area contributed by atoms with E-state index in [2.05, 4.69) is 17.2 Å². The average molecular weight is 226 g/mol. The average Bonchev–Trinajstić information content (AvgIpc) is 2.84. The van der Waals surface area contributed by atoms with Crippen molar-refractivity contribution in [3.63, 3.8) is 0 Å². The van der Waals surface area contributed by atoms with Crippen molar-refractivity contribution in [2.75, 3.05) is 6.61 Å². The Kier molecular flexibility index (Phi) is 3.72. The van der Waals surface area contributed by atoms with Crippen LogP contribution in [-0.2, 0) is 11.3 Å². The first-order chi connectivity index (χ1) is 7.25. The Balaban J connectivity index is 1.77. The molecule has 0 amide bonds. The van der Waals surface area contributed by atoms with E-state index in [1.165, 1.54) is 17.7 Å². The van der Waals surface area contributed by atoms with Crippen LogP contribution in [0.4, 0.5) is 0 Å². The quantitative estimate of drug-likeness (QED) is 0.854. The third kappa shape index (κ3) is 3.00. The summed E-state index contributed by atoms with van der Waals surface area (Å²) in [6.07, 6.45) is 4.75. The first kappa shape index (κ1) is 11.0. The summed E-state index contributed by atoms with van der Waals surface area (Å²) in [4.78, 5) is 5.54. The van der Waals surface area contributed by atoms with Crippen molar-refractivity contribution in [2.24, 2.45) is 0 Å². The van der Waals surface area contributed by atoms with Gasteiger partial charge < -0.3 is 10.1 Å². The van der Waals surface area contributed by atoms with E-state index >= 15 is 0 Å². The monoisotopic (exact) mass is 226 g/mol. The molecule has 0 spiro atoms. The maximum absolute atomic E-state index is 5.63. The van der Waals surface area contributed by atoms with E-state index < -0.39 is 0 Å². The molecule has 1 fully saturated rings. The molecule has 2 heterocycles. The molecule has 2 unspecified atom stereocenters. The van der Waals surface area contributed by atoms with Gasteiger partial charge in [0.15, 0.2) is 0 Å². The molecule has 4 heteroatoms. The molecular formula is C11H18N2OS. The Morgan fingerprint density at radius 3 is 3.20 bits per heavy atom. The van der Waals surface area contributed by atoms with Crippen LogP contribution in [0.3, 0.4) is 0 Å². The van der Waals surface area contributed by atoms with Crippen molar-refractivity contribution in [2.45, 2.75) is 45.4 Å². The predicted molar refractivity (Wildman–Crippen MR) is 62.1 cm³/mol. The third-order valence-corrected chi connectivity index (χ3v) is 3.70. The van der Waals surface area contributed by atoms with Gasteiger partial charge in [0, 0.05) is 30.3 Å². The Morgan fingerprint density at radius 2 is 2.60 bits per heavy atom. The highest BCUT2D eigenvalue weighted by molar-refractivity contribution is 7.11. The molecule has 0 radical (unpaired) electrons. The lowest BCUT2D eigenvalue weighted by molar-refractivity contribution is 0.0833. The van der Waals surface area contributed by atoms with Crippen LogP contribution in [-0.4, -0.2) is 23.7 Å². The fraction of sp³-hybridized carbons (Fsp3) is 0.727. The minimum absolute atomic E-state index is 0.402. The van der Waals surface area contributed by atoms with E-state index in [-0.39, 0.29) is 0 Å². The minimum Gasteiger partial charge on any atom is -0.377 e. The van der Waals surface area contributed by atoms with Crippen LogP contribution in [0, 0.1) is 6.92 Å². The fourth-order valence-electron chi connectivity index (χ4n) is 1.88. The number of nitrogens with zero attached hydrogens (tertiary/aromatic N) is 1. The molecule has 1 saturated heterocycles. The van der Waals surface area contributed by atoms with Gasteiger partial charge in [0.25, 0.3) is 0 Å². The second-order valence-corrected chi connectivity index (χ2v) is 5.39. The number of aromatic nitrogens is 1. The highest BCUT2D eigenvalue weighted by Gasteiger charge is 2.21. The van der Waals surface area contributed by atoms with Crippen molar-refractivity contribution < 1.29 is 4.74 Å². The Hall–Kier alpha value is -0.450. The van der Waals surface area contributed by atoms with Crippen molar-refractivity contribution in [3.8, 4) is 0 Å². The van der Waals surface area contributed by atoms with Crippen LogP contribution in [0.5, 0.6) is 0 Å². The number of nitrogens with one attached hydrogen (secondary N) is 1. The van der Waals surface area contributed by atoms with Crippen molar-refractivity contribution in [3.05, 3.63) is 16.1 Å². The smallest absolute Gasteiger partial charge is 0.0897 e. The molecule has 2 atom stereocenters. The number of hydrogen-bond acceptors (Lipinski definition) is 4. The summed E-state index contributed by atoms with van der Waals surface area (Å²) >= 11 is 1.76. The van der Waals surface area contributed by atoms with E-state index in [0.29, 0.717) is 12.1 Å². The maximum atomic E-state index is 5.63. The number of thiazole rings is 1. The Morgan fingerprint density at radius 1 is 1.73 bits per heavy atom. The number of rotatable bonds is 4. The van der Waals surface area contributed by atoms with Gasteiger partial charge in [-0.15, -0.1) is 11.3 Å². The van der Waals surface area contributed by atoms with Gasteiger partial charge in [-0.3, -0.25) is 0 Å². The Labute approximate surface area is 94.9 Å². The van der Waals surface area contributed by atoms with Gasteiger partial charge in [-0.05, 0) is 26.7 Å². The van der Waals surface area contributed by atoms with Crippen LogP contribution in [0.1, 0.15) is 29.7 Å². The van der Waals surface area contributed by atoms with E-state index in [4.69, 9.17) is 4.74 Å². The van der Waals surface area contributed by atoms with E-state index in [9.17, 15) is 0 Å². The number of hydrogen-bond donors (Lipinski definition) is 1. The molecule has 84 valence electrons. The molecule has 15 heavy (non-hydrogen) atoms. The molecule has 0 aliphatic carbocycles. The zero-order valence-corrected chi connectivity index (χ0v) is 10.1. The van der Waals surface area contributed by atoms with Crippen LogP contribution in [0.15, 0.2) is 6.20 Å². The van der Waals surface area contributed by atoms with Crippen LogP contribution < -0.4 is 5.32 Å². The molecular weight excluding hydrogens is 208 g/mol. The summed E-state index contributed by atoms with van der Waals surface area (Å²) in [5, 5.41) is 4.64. The van der Waals surface area contributed by atoms with Gasteiger partial charge in [0.2, 0.25) is 0 Å². The zero-order chi connectivity index (χ0) is 10.7. The molecule has 0 saturated carbocycles. The lowest BCUT2D eigenvalue weighted by Crippen LogP contribution is -2.36. The third-order valence-electron chi connectivity index (χ3n) is 2.79. The number of aryl methyl sites for hydroxylation is 1. The molecule has 0 aromatic carbocycles. The van der Waals surface area contributed by atoms with E-state index in [1.54, 1.807) is 11.3 Å². The first-order valence-corrected chi connectivity index (χ1v) is 6.33. The largest absolute Gasteiger partial charge is 0.377 e. The highest BCUT2D eigenvalue weighted by Crippen LogP contribution is 2.16. The van der Waals surface area contributed by atoms with Gasteiger partial charge >= 0.3 is 0 Å². The lowest BCUT2D eigenvalue weighted by atomic mass is 10.1. The zero-order valence-electron chi connectivity index (χ0n) is 9.32. The number of ether oxygens (including phenoxy) is 1. The summed E-state index contributed by atoms with van der Waals surface area (Å²) in [5.74, 6) is 0. The van der Waals surface area contributed by atoms with Crippen LogP contribution in [0.25, 0.3) is 0 Å². The molecule has 1 N–H and O–H groups in total. The van der Waals surface area contributed by atoms with Gasteiger partial charge in [-0.1, -0.05) is 0 Å². The predicted octanol–water partition coefficient (Wildman–Crippen LogP) is 2.11. The minimum atomic E-state index is 0.402. The topological polar surface area (TPSA) is 34.2 Å². The molecule has 1 aromatic heterocycles. The van der Waals surface area contributed by atoms with E-state index in [0.717, 1.165) is 18.2 Å². The summed E-state index contributed by atoms with van der Waals surface area (Å²) < 4.78 is 5.63. The highest BCUT2D eigenvalue weighted by atomic mass is 32.1. The molecule has 1 aromatic rings. The van der Waals surface area contributed by atoms with Gasteiger partial charge in [-0.2, -0.15) is 0 Å². The van der Waals surface area contributed by atoms with Crippen molar-refractivity contribution in [1.82, 2.24) is 10.3 Å². The van der Waals surface area contributed by atoms with Gasteiger partial charge in [0.05, 0.1) is 11.1 Å². The summed E-state index contributed by atoms with van der Waals surface area (Å²) in [5.41, 5.74) is 0. The van der Waals surface area contributed by atoms with Gasteiger partial charge in [-0.25, -0.2) is 4.98 Å². The molecule has 1 aliphatic rings. The summed E-state index contributed by atoms with van der Waals surface area (Å²) in [6.45, 7) is 6.07. The Bertz CT molecular complexity index is 307. The molecule has 0 bridgehead atoms. The molecule has 2 rings (SSSR count). The normalized spacial score (nSPS) is 23.2. The van der Waals surface area contributed by atoms with Crippen molar-refractivity contribution in [1.29, 1.82) is 0 Å². The second-order valence-electron chi connectivity index (χ2n) is 4.07. The van der Waals surface area contributed by atoms with Crippen molar-refractivity contribution >= 4 is 11.3 Å². The van der Waals surface area contributed by atoms with E-state index in [1.807, 2.05) is 13.1 Å². The second kappa shape index (κ2) is 5.05. The summed E-state index contributed by atoms with van der Waals surface area (Å²) in [6, 6.07) is 0.440. The summed E-state index contributed by atoms with van der Waals surface area (Å²) in [7, 11) is 0. The first-order valence-electron chi connectivity index (χ1n) is 5.52. The standard InChI is InChI=1S/C11H18N2OS/c1-8(11-4-3-5-14-11)12-6-10-7-13-9(2)15-10/h7-8,11-12H,3-6H2,1-2H3. The van der Waals surface area contributed by atoms with Crippen LogP contribution >= 0.6 is 11.3 Å². The maximum Gasteiger partial charge on any atom is 0.0897 e.